The van der Waals surface area contributed by atoms with Crippen molar-refractivity contribution in [1.29, 1.82) is 0 Å². The van der Waals surface area contributed by atoms with Gasteiger partial charge in [0.1, 0.15) is 5.82 Å². The van der Waals surface area contributed by atoms with Crippen LogP contribution in [0.5, 0.6) is 0 Å². The van der Waals surface area contributed by atoms with E-state index in [0.717, 1.165) is 34.1 Å². The lowest BCUT2D eigenvalue weighted by Gasteiger charge is -2.00. The Labute approximate surface area is 103 Å². The molecule has 1 aromatic carbocycles. The molecule has 2 heterocycles. The van der Waals surface area contributed by atoms with Crippen molar-refractivity contribution >= 4 is 10.9 Å². The molecule has 0 aliphatic heterocycles. The zero-order valence-corrected chi connectivity index (χ0v) is 9.70. The van der Waals surface area contributed by atoms with Gasteiger partial charge in [-0.25, -0.2) is 4.39 Å². The molecular formula is C13H13FN4. The molecule has 0 radical (unpaired) electrons. The van der Waals surface area contributed by atoms with E-state index in [1.165, 1.54) is 12.1 Å². The van der Waals surface area contributed by atoms with Crippen LogP contribution in [0.25, 0.3) is 10.9 Å². The normalized spacial score (nSPS) is 11.2. The largest absolute Gasteiger partial charge is 0.361 e. The van der Waals surface area contributed by atoms with Gasteiger partial charge in [0.25, 0.3) is 0 Å². The van der Waals surface area contributed by atoms with Crippen molar-refractivity contribution < 1.29 is 4.39 Å². The van der Waals surface area contributed by atoms with Gasteiger partial charge in [0.05, 0.1) is 11.9 Å². The highest BCUT2D eigenvalue weighted by molar-refractivity contribution is 5.83. The number of halogens is 1. The molecule has 0 saturated carbocycles. The molecule has 0 aliphatic carbocycles. The number of nitrogens with one attached hydrogen (secondary N) is 2. The number of nitrogens with zero attached hydrogens (tertiary/aromatic N) is 1. The lowest BCUT2D eigenvalue weighted by molar-refractivity contribution is 0.629. The summed E-state index contributed by atoms with van der Waals surface area (Å²) in [5.41, 5.74) is 9.56. The minimum Gasteiger partial charge on any atom is -0.361 e. The summed E-state index contributed by atoms with van der Waals surface area (Å²) in [6.45, 7) is 0.437. The molecule has 18 heavy (non-hydrogen) atoms. The van der Waals surface area contributed by atoms with E-state index in [1.54, 1.807) is 12.3 Å². The molecule has 0 spiro atoms. The first-order valence-corrected chi connectivity index (χ1v) is 5.74. The molecule has 3 aromatic rings. The lowest BCUT2D eigenvalue weighted by Crippen LogP contribution is -2.00. The van der Waals surface area contributed by atoms with Gasteiger partial charge >= 0.3 is 0 Å². The van der Waals surface area contributed by atoms with Gasteiger partial charge in [0.15, 0.2) is 0 Å². The molecule has 0 aliphatic rings. The second-order valence-electron chi connectivity index (χ2n) is 4.26. The number of aromatic amines is 2. The Kier molecular flexibility index (Phi) is 2.60. The van der Waals surface area contributed by atoms with Gasteiger partial charge in [-0.2, -0.15) is 5.10 Å². The van der Waals surface area contributed by atoms with Gasteiger partial charge < -0.3 is 10.7 Å². The van der Waals surface area contributed by atoms with E-state index in [-0.39, 0.29) is 5.82 Å². The zero-order valence-electron chi connectivity index (χ0n) is 9.70. The average molecular weight is 244 g/mol. The summed E-state index contributed by atoms with van der Waals surface area (Å²) >= 11 is 0. The Bertz CT molecular complexity index is 683. The predicted molar refractivity (Wildman–Crippen MR) is 67.5 cm³/mol. The number of nitrogens with two attached hydrogens (primary N) is 1. The summed E-state index contributed by atoms with van der Waals surface area (Å²) in [5, 5.41) is 7.90. The summed E-state index contributed by atoms with van der Waals surface area (Å²) < 4.78 is 13.1. The Hall–Kier alpha value is -2.14. The van der Waals surface area contributed by atoms with Crippen molar-refractivity contribution in [3.05, 3.63) is 53.2 Å². The first-order chi connectivity index (χ1) is 8.78. The summed E-state index contributed by atoms with van der Waals surface area (Å²) in [4.78, 5) is 3.08. The van der Waals surface area contributed by atoms with Crippen molar-refractivity contribution in [3.8, 4) is 0 Å². The highest BCUT2D eigenvalue weighted by Gasteiger charge is 2.09. The van der Waals surface area contributed by atoms with E-state index in [9.17, 15) is 4.39 Å². The highest BCUT2D eigenvalue weighted by atomic mass is 19.1. The van der Waals surface area contributed by atoms with Crippen LogP contribution in [-0.2, 0) is 13.0 Å². The van der Waals surface area contributed by atoms with Gasteiger partial charge in [-0.1, -0.05) is 0 Å². The zero-order chi connectivity index (χ0) is 12.5. The summed E-state index contributed by atoms with van der Waals surface area (Å²) in [6.07, 6.45) is 4.41. The van der Waals surface area contributed by atoms with Crippen LogP contribution < -0.4 is 5.73 Å². The average Bonchev–Trinajstić information content (AvgIpc) is 2.96. The Morgan fingerprint density at radius 3 is 3.00 bits per heavy atom. The molecule has 0 bridgehead atoms. The minimum absolute atomic E-state index is 0.234. The van der Waals surface area contributed by atoms with Crippen LogP contribution in [0.2, 0.25) is 0 Å². The molecule has 92 valence electrons. The van der Waals surface area contributed by atoms with E-state index in [4.69, 9.17) is 5.73 Å². The number of hydrogen-bond donors (Lipinski definition) is 3. The fraction of sp³-hybridized carbons (Fsp3) is 0.154. The number of rotatable bonds is 3. The van der Waals surface area contributed by atoms with E-state index >= 15 is 0 Å². The van der Waals surface area contributed by atoms with Gasteiger partial charge in [-0.15, -0.1) is 0 Å². The second kappa shape index (κ2) is 4.27. The quantitative estimate of drug-likeness (QED) is 0.660. The first kappa shape index (κ1) is 11.0. The standard InChI is InChI=1S/C13H13FN4/c14-10-1-2-11-8(6-16-12(11)4-10)3-9-7-17-18-13(9)5-15/h1-2,4,6-7,16H,3,5,15H2,(H,17,18). The van der Waals surface area contributed by atoms with Crippen LogP contribution in [0.4, 0.5) is 4.39 Å². The van der Waals surface area contributed by atoms with Crippen molar-refractivity contribution in [2.24, 2.45) is 5.73 Å². The highest BCUT2D eigenvalue weighted by Crippen LogP contribution is 2.22. The van der Waals surface area contributed by atoms with Crippen LogP contribution in [0.15, 0.2) is 30.6 Å². The van der Waals surface area contributed by atoms with Crippen LogP contribution in [0, 0.1) is 5.82 Å². The molecule has 4 N–H and O–H groups in total. The minimum atomic E-state index is -0.234. The molecule has 3 rings (SSSR count). The van der Waals surface area contributed by atoms with Gasteiger partial charge in [0, 0.05) is 30.1 Å². The summed E-state index contributed by atoms with van der Waals surface area (Å²) in [6, 6.07) is 4.76. The summed E-state index contributed by atoms with van der Waals surface area (Å²) in [7, 11) is 0. The molecule has 0 atom stereocenters. The Morgan fingerprint density at radius 2 is 2.17 bits per heavy atom. The molecule has 0 fully saturated rings. The molecule has 0 amide bonds. The number of hydrogen-bond acceptors (Lipinski definition) is 2. The van der Waals surface area contributed by atoms with E-state index < -0.39 is 0 Å². The topological polar surface area (TPSA) is 70.5 Å². The monoisotopic (exact) mass is 244 g/mol. The molecule has 4 nitrogen and oxygen atoms in total. The van der Waals surface area contributed by atoms with Crippen LogP contribution in [0.3, 0.4) is 0 Å². The molecule has 0 unspecified atom stereocenters. The van der Waals surface area contributed by atoms with Crippen LogP contribution >= 0.6 is 0 Å². The maximum atomic E-state index is 13.1. The number of benzene rings is 1. The van der Waals surface area contributed by atoms with Crippen molar-refractivity contribution in [2.45, 2.75) is 13.0 Å². The maximum Gasteiger partial charge on any atom is 0.125 e. The maximum absolute atomic E-state index is 13.1. The van der Waals surface area contributed by atoms with E-state index in [1.807, 2.05) is 6.20 Å². The molecule has 0 saturated heterocycles. The molecular weight excluding hydrogens is 231 g/mol. The smallest absolute Gasteiger partial charge is 0.125 e. The van der Waals surface area contributed by atoms with E-state index in [2.05, 4.69) is 15.2 Å². The number of fused-ring (bicyclic) bond motifs is 1. The van der Waals surface area contributed by atoms with Gasteiger partial charge in [-0.05, 0) is 29.3 Å². The molecule has 2 aromatic heterocycles. The third-order valence-corrected chi connectivity index (χ3v) is 3.12. The Balaban J connectivity index is 2.00. The first-order valence-electron chi connectivity index (χ1n) is 5.74. The third kappa shape index (κ3) is 1.78. The predicted octanol–water partition coefficient (Wildman–Crippen LogP) is 2.08. The lowest BCUT2D eigenvalue weighted by atomic mass is 10.0. The van der Waals surface area contributed by atoms with Crippen molar-refractivity contribution in [3.63, 3.8) is 0 Å². The molecule has 5 heteroatoms. The van der Waals surface area contributed by atoms with Gasteiger partial charge in [-0.3, -0.25) is 5.10 Å². The van der Waals surface area contributed by atoms with E-state index in [0.29, 0.717) is 6.54 Å². The second-order valence-corrected chi connectivity index (χ2v) is 4.26. The number of aromatic nitrogens is 3. The van der Waals surface area contributed by atoms with Crippen molar-refractivity contribution in [2.75, 3.05) is 0 Å². The van der Waals surface area contributed by atoms with Crippen molar-refractivity contribution in [1.82, 2.24) is 15.2 Å². The fourth-order valence-corrected chi connectivity index (χ4v) is 2.18. The van der Waals surface area contributed by atoms with Gasteiger partial charge in [0.2, 0.25) is 0 Å². The SMILES string of the molecule is NCc1[nH]ncc1Cc1c[nH]c2cc(F)ccc12. The Morgan fingerprint density at radius 1 is 1.28 bits per heavy atom. The van der Waals surface area contributed by atoms with Crippen LogP contribution in [0.1, 0.15) is 16.8 Å². The third-order valence-electron chi connectivity index (χ3n) is 3.12. The fourth-order valence-electron chi connectivity index (χ4n) is 2.18. The van der Waals surface area contributed by atoms with Crippen LogP contribution in [-0.4, -0.2) is 15.2 Å². The number of H-pyrrole nitrogens is 2. The summed E-state index contributed by atoms with van der Waals surface area (Å²) in [5.74, 6) is -0.234.